The summed E-state index contributed by atoms with van der Waals surface area (Å²) in [6, 6.07) is 4.18. The lowest BCUT2D eigenvalue weighted by molar-refractivity contribution is 0.409. The highest BCUT2D eigenvalue weighted by Crippen LogP contribution is 2.31. The lowest BCUT2D eigenvalue weighted by Crippen LogP contribution is -2.27. The van der Waals surface area contributed by atoms with Gasteiger partial charge in [-0.25, -0.2) is 4.39 Å². The number of nitrogens with one attached hydrogen (secondary N) is 1. The van der Waals surface area contributed by atoms with Gasteiger partial charge in [-0.2, -0.15) is 0 Å². The van der Waals surface area contributed by atoms with Crippen LogP contribution in [-0.4, -0.2) is 6.54 Å². The molecule has 0 amide bonds. The van der Waals surface area contributed by atoms with E-state index >= 15 is 0 Å². The predicted molar refractivity (Wildman–Crippen MR) is 63.4 cm³/mol. The van der Waals surface area contributed by atoms with Gasteiger partial charge in [0.25, 0.3) is 0 Å². The van der Waals surface area contributed by atoms with Crippen molar-refractivity contribution in [3.63, 3.8) is 0 Å². The number of benzene rings is 1. The van der Waals surface area contributed by atoms with E-state index in [0.717, 1.165) is 18.5 Å². The number of halogens is 2. The van der Waals surface area contributed by atoms with Crippen LogP contribution in [0.1, 0.15) is 36.4 Å². The second-order valence-corrected chi connectivity index (χ2v) is 4.90. The Kier molecular flexibility index (Phi) is 3.42. The first-order valence-corrected chi connectivity index (χ1v) is 6.17. The summed E-state index contributed by atoms with van der Waals surface area (Å²) in [5, 5.41) is 3.43. The Morgan fingerprint density at radius 3 is 2.87 bits per heavy atom. The Balaban J connectivity index is 2.31. The van der Waals surface area contributed by atoms with Gasteiger partial charge in [-0.1, -0.05) is 18.6 Å². The monoisotopic (exact) mass is 271 g/mol. The lowest BCUT2D eigenvalue weighted by Gasteiger charge is -2.25. The topological polar surface area (TPSA) is 12.0 Å². The van der Waals surface area contributed by atoms with Crippen molar-refractivity contribution < 1.29 is 4.39 Å². The van der Waals surface area contributed by atoms with Gasteiger partial charge in [0.2, 0.25) is 0 Å². The average Bonchev–Trinajstić information content (AvgIpc) is 2.27. The molecule has 1 atom stereocenters. The predicted octanol–water partition coefficient (Wildman–Crippen LogP) is 3.71. The molecule has 1 fully saturated rings. The summed E-state index contributed by atoms with van der Waals surface area (Å²) in [5.41, 5.74) is 1.75. The molecule has 3 heteroatoms. The normalized spacial score (nSPS) is 21.7. The van der Waals surface area contributed by atoms with E-state index in [-0.39, 0.29) is 5.82 Å². The molecule has 0 aromatic heterocycles. The number of hydrogen-bond acceptors (Lipinski definition) is 1. The SMILES string of the molecule is Cc1ccc(C2CCCCN2)c(Br)c1F. The van der Waals surface area contributed by atoms with Crippen LogP contribution in [-0.2, 0) is 0 Å². The van der Waals surface area contributed by atoms with Crippen molar-refractivity contribution in [1.82, 2.24) is 5.32 Å². The Morgan fingerprint density at radius 2 is 2.20 bits per heavy atom. The van der Waals surface area contributed by atoms with E-state index < -0.39 is 0 Å². The molecule has 0 aliphatic carbocycles. The van der Waals surface area contributed by atoms with E-state index in [2.05, 4.69) is 21.2 Å². The maximum Gasteiger partial charge on any atom is 0.140 e. The molecule has 1 aliphatic rings. The van der Waals surface area contributed by atoms with Gasteiger partial charge in [-0.05, 0) is 53.4 Å². The minimum atomic E-state index is -0.125. The van der Waals surface area contributed by atoms with Gasteiger partial charge in [-0.15, -0.1) is 0 Å². The van der Waals surface area contributed by atoms with Gasteiger partial charge in [0.05, 0.1) is 4.47 Å². The Morgan fingerprint density at radius 1 is 1.40 bits per heavy atom. The maximum absolute atomic E-state index is 13.7. The highest BCUT2D eigenvalue weighted by Gasteiger charge is 2.19. The van der Waals surface area contributed by atoms with E-state index in [4.69, 9.17) is 0 Å². The van der Waals surface area contributed by atoms with Crippen LogP contribution in [0.25, 0.3) is 0 Å². The van der Waals surface area contributed by atoms with Crippen LogP contribution in [0.5, 0.6) is 0 Å². The summed E-state index contributed by atoms with van der Waals surface area (Å²) in [5.74, 6) is -0.125. The zero-order chi connectivity index (χ0) is 10.8. The molecule has 82 valence electrons. The first-order valence-electron chi connectivity index (χ1n) is 5.38. The van der Waals surface area contributed by atoms with Crippen LogP contribution in [0, 0.1) is 12.7 Å². The lowest BCUT2D eigenvalue weighted by atomic mass is 9.96. The van der Waals surface area contributed by atoms with Gasteiger partial charge in [0.15, 0.2) is 0 Å². The Bertz CT molecular complexity index is 359. The van der Waals surface area contributed by atoms with Crippen molar-refractivity contribution in [2.45, 2.75) is 32.2 Å². The van der Waals surface area contributed by atoms with E-state index in [1.165, 1.54) is 12.8 Å². The molecular weight excluding hydrogens is 257 g/mol. The molecule has 0 spiro atoms. The van der Waals surface area contributed by atoms with Crippen LogP contribution in [0.3, 0.4) is 0 Å². The molecule has 1 N–H and O–H groups in total. The molecule has 1 aromatic carbocycles. The van der Waals surface area contributed by atoms with Crippen molar-refractivity contribution in [3.8, 4) is 0 Å². The third kappa shape index (κ3) is 2.23. The van der Waals surface area contributed by atoms with Crippen LogP contribution in [0.15, 0.2) is 16.6 Å². The molecule has 2 rings (SSSR count). The molecule has 15 heavy (non-hydrogen) atoms. The molecule has 1 unspecified atom stereocenters. The maximum atomic E-state index is 13.7. The van der Waals surface area contributed by atoms with Gasteiger partial charge < -0.3 is 5.32 Å². The van der Waals surface area contributed by atoms with Gasteiger partial charge in [-0.3, -0.25) is 0 Å². The molecule has 0 saturated carbocycles. The Hall–Kier alpha value is -0.410. The summed E-state index contributed by atoms with van der Waals surface area (Å²) in [7, 11) is 0. The first kappa shape index (κ1) is 11.1. The highest BCUT2D eigenvalue weighted by atomic mass is 79.9. The fourth-order valence-electron chi connectivity index (χ4n) is 2.05. The molecule has 1 aliphatic heterocycles. The standard InChI is InChI=1S/C12H15BrFN/c1-8-5-6-9(11(13)12(8)14)10-4-2-3-7-15-10/h5-6,10,15H,2-4,7H2,1H3. The van der Waals surface area contributed by atoms with E-state index in [1.807, 2.05) is 12.1 Å². The summed E-state index contributed by atoms with van der Waals surface area (Å²) in [4.78, 5) is 0. The van der Waals surface area contributed by atoms with Gasteiger partial charge >= 0.3 is 0 Å². The largest absolute Gasteiger partial charge is 0.310 e. The van der Waals surface area contributed by atoms with Crippen molar-refractivity contribution in [1.29, 1.82) is 0 Å². The zero-order valence-electron chi connectivity index (χ0n) is 8.82. The van der Waals surface area contributed by atoms with Gasteiger partial charge in [0, 0.05) is 6.04 Å². The van der Waals surface area contributed by atoms with Crippen molar-refractivity contribution in [2.75, 3.05) is 6.54 Å². The Labute approximate surface area is 98.2 Å². The van der Waals surface area contributed by atoms with Crippen molar-refractivity contribution >= 4 is 15.9 Å². The highest BCUT2D eigenvalue weighted by molar-refractivity contribution is 9.10. The minimum absolute atomic E-state index is 0.125. The summed E-state index contributed by atoms with van der Waals surface area (Å²) in [6.07, 6.45) is 3.54. The van der Waals surface area contributed by atoms with Crippen LogP contribution in [0.2, 0.25) is 0 Å². The molecular formula is C12H15BrFN. The molecule has 1 heterocycles. The smallest absolute Gasteiger partial charge is 0.140 e. The average molecular weight is 272 g/mol. The summed E-state index contributed by atoms with van der Waals surface area (Å²) >= 11 is 3.35. The number of rotatable bonds is 1. The number of piperidine rings is 1. The number of aryl methyl sites for hydroxylation is 1. The number of hydrogen-bond donors (Lipinski definition) is 1. The molecule has 1 aromatic rings. The minimum Gasteiger partial charge on any atom is -0.310 e. The van der Waals surface area contributed by atoms with Crippen molar-refractivity contribution in [3.05, 3.63) is 33.5 Å². The summed E-state index contributed by atoms with van der Waals surface area (Å²) < 4.78 is 14.3. The molecule has 0 radical (unpaired) electrons. The first-order chi connectivity index (χ1) is 7.20. The van der Waals surface area contributed by atoms with Crippen molar-refractivity contribution in [2.24, 2.45) is 0 Å². The van der Waals surface area contributed by atoms with Crippen LogP contribution < -0.4 is 5.32 Å². The fraction of sp³-hybridized carbons (Fsp3) is 0.500. The van der Waals surface area contributed by atoms with Crippen LogP contribution in [0.4, 0.5) is 4.39 Å². The second-order valence-electron chi connectivity index (χ2n) is 4.10. The third-order valence-corrected chi connectivity index (χ3v) is 3.80. The molecule has 1 nitrogen and oxygen atoms in total. The van der Waals surface area contributed by atoms with E-state index in [1.54, 1.807) is 6.92 Å². The fourth-order valence-corrected chi connectivity index (χ4v) is 2.77. The second kappa shape index (κ2) is 4.62. The molecule has 0 bridgehead atoms. The van der Waals surface area contributed by atoms with Crippen LogP contribution >= 0.6 is 15.9 Å². The zero-order valence-corrected chi connectivity index (χ0v) is 10.4. The summed E-state index contributed by atoms with van der Waals surface area (Å²) in [6.45, 7) is 2.82. The quantitative estimate of drug-likeness (QED) is 0.821. The van der Waals surface area contributed by atoms with Gasteiger partial charge in [0.1, 0.15) is 5.82 Å². The van der Waals surface area contributed by atoms with E-state index in [9.17, 15) is 4.39 Å². The molecule has 1 saturated heterocycles. The van der Waals surface area contributed by atoms with E-state index in [0.29, 0.717) is 16.1 Å². The third-order valence-electron chi connectivity index (χ3n) is 2.99.